The second-order valence-electron chi connectivity index (χ2n) is 8.77. The van der Waals surface area contributed by atoms with Crippen LogP contribution in [0.1, 0.15) is 80.4 Å². The molecule has 1 aromatic carbocycles. The maximum atomic E-state index is 12.5. The second kappa shape index (κ2) is 7.02. The van der Waals surface area contributed by atoms with E-state index in [1.54, 1.807) is 0 Å². The fourth-order valence-electron chi connectivity index (χ4n) is 4.20. The van der Waals surface area contributed by atoms with Gasteiger partial charge >= 0.3 is 6.09 Å². The van der Waals surface area contributed by atoms with Crippen LogP contribution in [0.5, 0.6) is 0 Å². The molecule has 1 saturated heterocycles. The zero-order valence-electron chi connectivity index (χ0n) is 17.0. The lowest BCUT2D eigenvalue weighted by molar-refractivity contribution is 0.0198. The molecule has 5 nitrogen and oxygen atoms in total. The summed E-state index contributed by atoms with van der Waals surface area (Å²) in [7, 11) is 0. The van der Waals surface area contributed by atoms with E-state index in [9.17, 15) is 9.59 Å². The molecule has 5 heteroatoms. The molecule has 3 rings (SSSR count). The van der Waals surface area contributed by atoms with Gasteiger partial charge in [-0.2, -0.15) is 0 Å². The second-order valence-corrected chi connectivity index (χ2v) is 8.77. The molecule has 0 aromatic heterocycles. The third-order valence-corrected chi connectivity index (χ3v) is 5.58. The van der Waals surface area contributed by atoms with Gasteiger partial charge in [-0.3, -0.25) is 4.79 Å². The molecule has 2 aliphatic rings. The minimum absolute atomic E-state index is 0.239. The van der Waals surface area contributed by atoms with E-state index in [1.807, 2.05) is 37.8 Å². The van der Waals surface area contributed by atoms with Crippen molar-refractivity contribution in [3.8, 4) is 0 Å². The number of carbonyl (C=O) groups excluding carboxylic acids is 2. The quantitative estimate of drug-likeness (QED) is 0.846. The first-order valence-corrected chi connectivity index (χ1v) is 9.68. The summed E-state index contributed by atoms with van der Waals surface area (Å²) in [6.07, 6.45) is 2.49. The van der Waals surface area contributed by atoms with Gasteiger partial charge in [0.1, 0.15) is 5.60 Å². The standard InChI is InChI=1S/C22H30N2O3/c1-13-11-18-17(20(23)25)9-8-16(19(18)14(13)2)15-7-6-10-24(12-15)21(26)27-22(3,4)5/h8-9,15H,6-7,10-12H2,1-5H3,(H2,23,25). The molecule has 1 fully saturated rings. The van der Waals surface area contributed by atoms with Crippen molar-refractivity contribution in [3.63, 3.8) is 0 Å². The average molecular weight is 370 g/mol. The SMILES string of the molecule is CC1=C(C)c2c(C3CCCN(C(=O)OC(C)(C)C)C3)ccc(C(N)=O)c2C1. The van der Waals surface area contributed by atoms with Crippen molar-refractivity contribution >= 4 is 17.6 Å². The highest BCUT2D eigenvalue weighted by atomic mass is 16.6. The molecule has 1 aliphatic heterocycles. The Morgan fingerprint density at radius 1 is 1.22 bits per heavy atom. The lowest BCUT2D eigenvalue weighted by Gasteiger charge is -2.35. The Balaban J connectivity index is 1.92. The molecule has 27 heavy (non-hydrogen) atoms. The van der Waals surface area contributed by atoms with Crippen LogP contribution in [0.2, 0.25) is 0 Å². The van der Waals surface area contributed by atoms with Gasteiger partial charge in [0.05, 0.1) is 0 Å². The Bertz CT molecular complexity index is 818. The number of ether oxygens (including phenoxy) is 1. The lowest BCUT2D eigenvalue weighted by atomic mass is 9.83. The van der Waals surface area contributed by atoms with Gasteiger partial charge < -0.3 is 15.4 Å². The number of benzene rings is 1. The van der Waals surface area contributed by atoms with Crippen molar-refractivity contribution in [2.45, 2.75) is 65.4 Å². The summed E-state index contributed by atoms with van der Waals surface area (Å²) in [6.45, 7) is 11.3. The van der Waals surface area contributed by atoms with Crippen molar-refractivity contribution in [2.75, 3.05) is 13.1 Å². The van der Waals surface area contributed by atoms with Crippen molar-refractivity contribution in [1.82, 2.24) is 4.90 Å². The number of fused-ring (bicyclic) bond motifs is 1. The summed E-state index contributed by atoms with van der Waals surface area (Å²) >= 11 is 0. The van der Waals surface area contributed by atoms with Crippen LogP contribution in [0.25, 0.3) is 5.57 Å². The van der Waals surface area contributed by atoms with Crippen molar-refractivity contribution in [2.24, 2.45) is 5.73 Å². The minimum Gasteiger partial charge on any atom is -0.444 e. The van der Waals surface area contributed by atoms with Gasteiger partial charge in [0.25, 0.3) is 0 Å². The van der Waals surface area contributed by atoms with Crippen LogP contribution < -0.4 is 5.73 Å². The molecule has 0 spiro atoms. The van der Waals surface area contributed by atoms with Gasteiger partial charge in [-0.05, 0) is 82.2 Å². The van der Waals surface area contributed by atoms with Crippen LogP contribution in [0.4, 0.5) is 4.79 Å². The van der Waals surface area contributed by atoms with Gasteiger partial charge in [-0.1, -0.05) is 11.6 Å². The van der Waals surface area contributed by atoms with E-state index in [0.29, 0.717) is 12.1 Å². The van der Waals surface area contributed by atoms with E-state index < -0.39 is 5.60 Å². The van der Waals surface area contributed by atoms with Crippen molar-refractivity contribution in [1.29, 1.82) is 0 Å². The zero-order valence-corrected chi connectivity index (χ0v) is 17.0. The molecular weight excluding hydrogens is 340 g/mol. The van der Waals surface area contributed by atoms with Crippen LogP contribution in [0, 0.1) is 0 Å². The molecular formula is C22H30N2O3. The first kappa shape index (κ1) is 19.5. The number of primary amides is 1. The number of hydrogen-bond acceptors (Lipinski definition) is 3. The highest BCUT2D eigenvalue weighted by Gasteiger charge is 2.32. The predicted molar refractivity (Wildman–Crippen MR) is 107 cm³/mol. The molecule has 146 valence electrons. The first-order valence-electron chi connectivity index (χ1n) is 9.68. The van der Waals surface area contributed by atoms with Crippen LogP contribution in [-0.2, 0) is 11.2 Å². The normalized spacial score (nSPS) is 19.9. The zero-order chi connectivity index (χ0) is 19.9. The van der Waals surface area contributed by atoms with Crippen molar-refractivity contribution < 1.29 is 14.3 Å². The summed E-state index contributed by atoms with van der Waals surface area (Å²) in [5.41, 5.74) is 11.7. The average Bonchev–Trinajstić information content (AvgIpc) is 2.88. The molecule has 0 saturated carbocycles. The van der Waals surface area contributed by atoms with E-state index in [2.05, 4.69) is 13.8 Å². The fraction of sp³-hybridized carbons (Fsp3) is 0.545. The highest BCUT2D eigenvalue weighted by Crippen LogP contribution is 2.41. The molecule has 1 atom stereocenters. The molecule has 1 aromatic rings. The van der Waals surface area contributed by atoms with Gasteiger partial charge in [0.2, 0.25) is 5.91 Å². The number of rotatable bonds is 2. The highest BCUT2D eigenvalue weighted by molar-refractivity contribution is 5.97. The summed E-state index contributed by atoms with van der Waals surface area (Å²) in [5, 5.41) is 0. The molecule has 1 aliphatic carbocycles. The molecule has 1 heterocycles. The topological polar surface area (TPSA) is 72.6 Å². The smallest absolute Gasteiger partial charge is 0.410 e. The maximum absolute atomic E-state index is 12.5. The van der Waals surface area contributed by atoms with E-state index >= 15 is 0 Å². The van der Waals surface area contributed by atoms with E-state index in [1.165, 1.54) is 22.3 Å². The van der Waals surface area contributed by atoms with Crippen LogP contribution in [0.3, 0.4) is 0 Å². The maximum Gasteiger partial charge on any atom is 0.410 e. The number of hydrogen-bond donors (Lipinski definition) is 1. The van der Waals surface area contributed by atoms with Gasteiger partial charge in [-0.15, -0.1) is 0 Å². The Morgan fingerprint density at radius 3 is 2.56 bits per heavy atom. The van der Waals surface area contributed by atoms with Crippen LogP contribution in [-0.4, -0.2) is 35.6 Å². The van der Waals surface area contributed by atoms with Crippen LogP contribution in [0.15, 0.2) is 17.7 Å². The molecule has 1 unspecified atom stereocenters. The van der Waals surface area contributed by atoms with Gasteiger partial charge in [0, 0.05) is 24.6 Å². The largest absolute Gasteiger partial charge is 0.444 e. The number of carbonyl (C=O) groups is 2. The fourth-order valence-corrected chi connectivity index (χ4v) is 4.20. The number of likely N-dealkylation sites (tertiary alicyclic amines) is 1. The molecule has 2 N–H and O–H groups in total. The summed E-state index contributed by atoms with van der Waals surface area (Å²) in [5.74, 6) is -0.137. The van der Waals surface area contributed by atoms with E-state index in [4.69, 9.17) is 10.5 Å². The summed E-state index contributed by atoms with van der Waals surface area (Å²) in [4.78, 5) is 26.2. The monoisotopic (exact) mass is 370 g/mol. The Labute approximate surface area is 161 Å². The first-order chi connectivity index (χ1) is 12.6. The number of nitrogens with two attached hydrogens (primary N) is 1. The predicted octanol–water partition coefficient (Wildman–Crippen LogP) is 4.25. The Hall–Kier alpha value is -2.30. The molecule has 0 bridgehead atoms. The van der Waals surface area contributed by atoms with E-state index in [-0.39, 0.29) is 17.9 Å². The number of amides is 2. The summed E-state index contributed by atoms with van der Waals surface area (Å²) < 4.78 is 5.56. The van der Waals surface area contributed by atoms with Crippen LogP contribution >= 0.6 is 0 Å². The van der Waals surface area contributed by atoms with Gasteiger partial charge in [0.15, 0.2) is 0 Å². The minimum atomic E-state index is -0.495. The molecule has 2 amide bonds. The Morgan fingerprint density at radius 2 is 1.93 bits per heavy atom. The number of nitrogens with zero attached hydrogens (tertiary/aromatic N) is 1. The Kier molecular flexibility index (Phi) is 5.06. The van der Waals surface area contributed by atoms with Gasteiger partial charge in [-0.25, -0.2) is 4.79 Å². The molecule has 0 radical (unpaired) electrons. The lowest BCUT2D eigenvalue weighted by Crippen LogP contribution is -2.42. The van der Waals surface area contributed by atoms with E-state index in [0.717, 1.165) is 31.4 Å². The van der Waals surface area contributed by atoms with Crippen molar-refractivity contribution in [3.05, 3.63) is 40.0 Å². The third kappa shape index (κ3) is 3.87. The number of allylic oxidation sites excluding steroid dienone is 2. The number of piperidine rings is 1. The summed E-state index contributed by atoms with van der Waals surface area (Å²) in [6, 6.07) is 3.89. The third-order valence-electron chi connectivity index (χ3n) is 5.58.